The van der Waals surface area contributed by atoms with Crippen LogP contribution in [0.5, 0.6) is 0 Å². The van der Waals surface area contributed by atoms with E-state index in [1.807, 2.05) is 7.05 Å². The minimum absolute atomic E-state index is 0.940. The van der Waals surface area contributed by atoms with E-state index in [1.54, 1.807) is 0 Å². The van der Waals surface area contributed by atoms with E-state index in [4.69, 9.17) is 0 Å². The van der Waals surface area contributed by atoms with Crippen LogP contribution in [-0.2, 0) is 13.1 Å². The SMILES string of the molecule is CCCCCn1ccc2cccc(CNC)c21. The Balaban J connectivity index is 2.28. The van der Waals surface area contributed by atoms with E-state index in [1.165, 1.54) is 35.7 Å². The summed E-state index contributed by atoms with van der Waals surface area (Å²) >= 11 is 0. The normalized spacial score (nSPS) is 11.2. The molecular formula is C15H22N2. The minimum Gasteiger partial charge on any atom is -0.347 e. The maximum Gasteiger partial charge on any atom is 0.0525 e. The molecule has 0 atom stereocenters. The zero-order valence-electron chi connectivity index (χ0n) is 10.9. The first kappa shape index (κ1) is 12.2. The summed E-state index contributed by atoms with van der Waals surface area (Å²) in [4.78, 5) is 0. The van der Waals surface area contributed by atoms with E-state index in [0.29, 0.717) is 0 Å². The van der Waals surface area contributed by atoms with Crippen molar-refractivity contribution in [3.8, 4) is 0 Å². The second-order valence-electron chi connectivity index (χ2n) is 4.60. The maximum atomic E-state index is 3.25. The Hall–Kier alpha value is -1.28. The highest BCUT2D eigenvalue weighted by Crippen LogP contribution is 2.21. The smallest absolute Gasteiger partial charge is 0.0525 e. The second kappa shape index (κ2) is 5.87. The first-order valence-corrected chi connectivity index (χ1v) is 6.58. The molecule has 0 bridgehead atoms. The molecule has 2 heteroatoms. The van der Waals surface area contributed by atoms with Crippen molar-refractivity contribution in [2.45, 2.75) is 39.3 Å². The molecular weight excluding hydrogens is 208 g/mol. The molecule has 0 radical (unpaired) electrons. The summed E-state index contributed by atoms with van der Waals surface area (Å²) in [5.74, 6) is 0. The van der Waals surface area contributed by atoms with Crippen molar-refractivity contribution in [3.05, 3.63) is 36.0 Å². The van der Waals surface area contributed by atoms with E-state index in [9.17, 15) is 0 Å². The molecule has 0 aliphatic rings. The Morgan fingerprint density at radius 1 is 1.18 bits per heavy atom. The molecule has 1 aromatic carbocycles. The van der Waals surface area contributed by atoms with Gasteiger partial charge in [-0.3, -0.25) is 0 Å². The van der Waals surface area contributed by atoms with Crippen molar-refractivity contribution < 1.29 is 0 Å². The molecule has 2 aromatic rings. The van der Waals surface area contributed by atoms with E-state index >= 15 is 0 Å². The molecule has 0 saturated heterocycles. The lowest BCUT2D eigenvalue weighted by molar-refractivity contribution is 0.614. The maximum absolute atomic E-state index is 3.25. The lowest BCUT2D eigenvalue weighted by atomic mass is 10.1. The van der Waals surface area contributed by atoms with Gasteiger partial charge in [0.05, 0.1) is 5.52 Å². The fourth-order valence-electron chi connectivity index (χ4n) is 2.39. The molecule has 0 fully saturated rings. The third-order valence-corrected chi connectivity index (χ3v) is 3.24. The Kier molecular flexibility index (Phi) is 4.21. The molecule has 0 aliphatic carbocycles. The molecule has 92 valence electrons. The summed E-state index contributed by atoms with van der Waals surface area (Å²) < 4.78 is 2.40. The largest absolute Gasteiger partial charge is 0.347 e. The Labute approximate surface area is 104 Å². The topological polar surface area (TPSA) is 17.0 Å². The minimum atomic E-state index is 0.940. The third-order valence-electron chi connectivity index (χ3n) is 3.24. The number of aryl methyl sites for hydroxylation is 1. The highest BCUT2D eigenvalue weighted by Gasteiger charge is 2.05. The van der Waals surface area contributed by atoms with Crippen LogP contribution in [0.1, 0.15) is 31.7 Å². The number of fused-ring (bicyclic) bond motifs is 1. The highest BCUT2D eigenvalue weighted by molar-refractivity contribution is 5.83. The lowest BCUT2D eigenvalue weighted by Crippen LogP contribution is -2.07. The molecule has 0 spiro atoms. The first-order chi connectivity index (χ1) is 8.36. The monoisotopic (exact) mass is 230 g/mol. The predicted molar refractivity (Wildman–Crippen MR) is 74.2 cm³/mol. The zero-order valence-corrected chi connectivity index (χ0v) is 10.9. The van der Waals surface area contributed by atoms with Crippen LogP contribution in [-0.4, -0.2) is 11.6 Å². The molecule has 0 aliphatic heterocycles. The molecule has 2 nitrogen and oxygen atoms in total. The van der Waals surface area contributed by atoms with Crippen LogP contribution < -0.4 is 5.32 Å². The molecule has 0 unspecified atom stereocenters. The molecule has 0 saturated carbocycles. The summed E-state index contributed by atoms with van der Waals surface area (Å²) in [6, 6.07) is 8.78. The molecule has 1 N–H and O–H groups in total. The van der Waals surface area contributed by atoms with Gasteiger partial charge in [-0.2, -0.15) is 0 Å². The van der Waals surface area contributed by atoms with Gasteiger partial charge in [0.15, 0.2) is 0 Å². The van der Waals surface area contributed by atoms with Crippen LogP contribution in [0.3, 0.4) is 0 Å². The molecule has 1 aromatic heterocycles. The number of nitrogens with one attached hydrogen (secondary N) is 1. The van der Waals surface area contributed by atoms with Gasteiger partial charge in [0, 0.05) is 19.3 Å². The number of benzene rings is 1. The van der Waals surface area contributed by atoms with Gasteiger partial charge in [0.25, 0.3) is 0 Å². The van der Waals surface area contributed by atoms with Gasteiger partial charge in [-0.25, -0.2) is 0 Å². The highest BCUT2D eigenvalue weighted by atomic mass is 15.0. The van der Waals surface area contributed by atoms with Gasteiger partial charge in [-0.15, -0.1) is 0 Å². The molecule has 1 heterocycles. The van der Waals surface area contributed by atoms with Crippen LogP contribution in [0, 0.1) is 0 Å². The van der Waals surface area contributed by atoms with Gasteiger partial charge in [0.2, 0.25) is 0 Å². The molecule has 17 heavy (non-hydrogen) atoms. The van der Waals surface area contributed by atoms with Crippen molar-refractivity contribution in [2.75, 3.05) is 7.05 Å². The van der Waals surface area contributed by atoms with Crippen molar-refractivity contribution in [3.63, 3.8) is 0 Å². The van der Waals surface area contributed by atoms with Gasteiger partial charge in [0.1, 0.15) is 0 Å². The summed E-state index contributed by atoms with van der Waals surface area (Å²) in [5, 5.41) is 4.60. The van der Waals surface area contributed by atoms with E-state index in [0.717, 1.165) is 13.1 Å². The quantitative estimate of drug-likeness (QED) is 0.751. The standard InChI is InChI=1S/C15H22N2/c1-3-4-5-10-17-11-9-13-7-6-8-14(12-16-2)15(13)17/h6-9,11,16H,3-5,10,12H2,1-2H3. The van der Waals surface area contributed by atoms with Gasteiger partial charge >= 0.3 is 0 Å². The first-order valence-electron chi connectivity index (χ1n) is 6.58. The summed E-state index contributed by atoms with van der Waals surface area (Å²) in [6.07, 6.45) is 6.09. The van der Waals surface area contributed by atoms with Crippen LogP contribution in [0.2, 0.25) is 0 Å². The summed E-state index contributed by atoms with van der Waals surface area (Å²) in [7, 11) is 2.00. The fraction of sp³-hybridized carbons (Fsp3) is 0.467. The van der Waals surface area contributed by atoms with E-state index < -0.39 is 0 Å². The average molecular weight is 230 g/mol. The van der Waals surface area contributed by atoms with Crippen molar-refractivity contribution in [2.24, 2.45) is 0 Å². The van der Waals surface area contributed by atoms with Crippen molar-refractivity contribution >= 4 is 10.9 Å². The number of hydrogen-bond acceptors (Lipinski definition) is 1. The third kappa shape index (κ3) is 2.70. The number of unbranched alkanes of at least 4 members (excludes halogenated alkanes) is 2. The summed E-state index contributed by atoms with van der Waals surface area (Å²) in [6.45, 7) is 4.33. The Bertz CT molecular complexity index is 471. The molecule has 2 rings (SSSR count). The zero-order chi connectivity index (χ0) is 12.1. The predicted octanol–water partition coefficient (Wildman–Crippen LogP) is 3.55. The Morgan fingerprint density at radius 2 is 2.06 bits per heavy atom. The van der Waals surface area contributed by atoms with Gasteiger partial charge < -0.3 is 9.88 Å². The van der Waals surface area contributed by atoms with Gasteiger partial charge in [-0.1, -0.05) is 38.0 Å². The van der Waals surface area contributed by atoms with Crippen molar-refractivity contribution in [1.82, 2.24) is 9.88 Å². The average Bonchev–Trinajstić information content (AvgIpc) is 2.75. The second-order valence-corrected chi connectivity index (χ2v) is 4.60. The fourth-order valence-corrected chi connectivity index (χ4v) is 2.39. The van der Waals surface area contributed by atoms with E-state index in [2.05, 4.69) is 47.3 Å². The Morgan fingerprint density at radius 3 is 2.82 bits per heavy atom. The van der Waals surface area contributed by atoms with Gasteiger partial charge in [-0.05, 0) is 30.5 Å². The van der Waals surface area contributed by atoms with Crippen LogP contribution in [0.15, 0.2) is 30.5 Å². The van der Waals surface area contributed by atoms with Crippen LogP contribution in [0.25, 0.3) is 10.9 Å². The molecule has 0 amide bonds. The number of hydrogen-bond donors (Lipinski definition) is 1. The number of nitrogens with zero attached hydrogens (tertiary/aromatic N) is 1. The lowest BCUT2D eigenvalue weighted by Gasteiger charge is -2.09. The number of rotatable bonds is 6. The summed E-state index contributed by atoms with van der Waals surface area (Å²) in [5.41, 5.74) is 2.80. The van der Waals surface area contributed by atoms with Crippen LogP contribution >= 0.6 is 0 Å². The van der Waals surface area contributed by atoms with Crippen molar-refractivity contribution in [1.29, 1.82) is 0 Å². The van der Waals surface area contributed by atoms with E-state index in [-0.39, 0.29) is 0 Å². The number of para-hydroxylation sites is 1. The number of aromatic nitrogens is 1. The van der Waals surface area contributed by atoms with Crippen LogP contribution in [0.4, 0.5) is 0 Å².